The van der Waals surface area contributed by atoms with Crippen LogP contribution in [0.3, 0.4) is 0 Å². The summed E-state index contributed by atoms with van der Waals surface area (Å²) in [5.41, 5.74) is 2.13. The first-order valence-corrected chi connectivity index (χ1v) is 7.76. The second-order valence-corrected chi connectivity index (χ2v) is 5.59. The number of halogens is 1. The molecule has 0 radical (unpaired) electrons. The van der Waals surface area contributed by atoms with Crippen LogP contribution >= 0.6 is 22.6 Å². The van der Waals surface area contributed by atoms with Gasteiger partial charge in [-0.05, 0) is 17.7 Å². The average Bonchev–Trinajstić information content (AvgIpc) is 2.52. The van der Waals surface area contributed by atoms with E-state index in [4.69, 9.17) is 4.74 Å². The van der Waals surface area contributed by atoms with Gasteiger partial charge in [-0.1, -0.05) is 71.1 Å². The first-order valence-electron chi connectivity index (χ1n) is 6.51. The summed E-state index contributed by atoms with van der Waals surface area (Å²) in [6.45, 7) is 1.15. The maximum absolute atomic E-state index is 11.9. The third-order valence-corrected chi connectivity index (χ3v) is 4.07. The number of hydrogen-bond donors (Lipinski definition) is 1. The van der Waals surface area contributed by atoms with Gasteiger partial charge >= 0.3 is 5.97 Å². The topological polar surface area (TPSA) is 42.9 Å². The van der Waals surface area contributed by atoms with E-state index in [2.05, 4.69) is 27.9 Å². The van der Waals surface area contributed by atoms with Gasteiger partial charge in [-0.3, -0.25) is 4.79 Å². The number of ether oxygens (including phenoxy) is 1. The van der Waals surface area contributed by atoms with E-state index in [0.29, 0.717) is 6.61 Å². The molecule has 0 saturated heterocycles. The van der Waals surface area contributed by atoms with Crippen molar-refractivity contribution < 1.29 is 14.8 Å². The molecule has 4 heteroatoms. The van der Waals surface area contributed by atoms with Crippen molar-refractivity contribution in [2.45, 2.75) is 3.92 Å². The second kappa shape index (κ2) is 8.01. The minimum atomic E-state index is -0.245. The fourth-order valence-corrected chi connectivity index (χ4v) is 2.40. The largest absolute Gasteiger partial charge is 0.459 e. The molecular formula is C16H17INO2+. The molecule has 2 rings (SSSR count). The first kappa shape index (κ1) is 15.0. The maximum Gasteiger partial charge on any atom is 0.323 e. The van der Waals surface area contributed by atoms with Crippen molar-refractivity contribution in [3.05, 3.63) is 66.2 Å². The van der Waals surface area contributed by atoms with Gasteiger partial charge in [0.05, 0.1) is 0 Å². The van der Waals surface area contributed by atoms with Gasteiger partial charge in [-0.15, -0.1) is 0 Å². The summed E-state index contributed by atoms with van der Waals surface area (Å²) in [6, 6.07) is 19.7. The van der Waals surface area contributed by atoms with E-state index in [1.807, 2.05) is 60.7 Å². The number of hydrogen-bond acceptors (Lipinski definition) is 2. The monoisotopic (exact) mass is 382 g/mol. The van der Waals surface area contributed by atoms with Crippen LogP contribution in [0.15, 0.2) is 60.7 Å². The summed E-state index contributed by atoms with van der Waals surface area (Å²) >= 11 is 2.11. The van der Waals surface area contributed by atoms with Crippen LogP contribution in [0.1, 0.15) is 9.49 Å². The number of quaternary nitrogens is 1. The van der Waals surface area contributed by atoms with Crippen molar-refractivity contribution in [3.63, 3.8) is 0 Å². The lowest BCUT2D eigenvalue weighted by Crippen LogP contribution is -2.79. The van der Waals surface area contributed by atoms with Crippen LogP contribution in [0.5, 0.6) is 0 Å². The molecule has 20 heavy (non-hydrogen) atoms. The van der Waals surface area contributed by atoms with Crippen LogP contribution in [-0.4, -0.2) is 19.1 Å². The third-order valence-electron chi connectivity index (χ3n) is 2.84. The number of alkyl halides is 1. The predicted molar refractivity (Wildman–Crippen MR) is 87.1 cm³/mol. The van der Waals surface area contributed by atoms with Crippen molar-refractivity contribution >= 4 is 34.2 Å². The molecule has 1 unspecified atom stereocenters. The van der Waals surface area contributed by atoms with Gasteiger partial charge in [0.1, 0.15) is 22.8 Å². The van der Waals surface area contributed by atoms with Gasteiger partial charge in [0.25, 0.3) is 0 Å². The molecule has 0 amide bonds. The second-order valence-electron chi connectivity index (χ2n) is 4.34. The van der Waals surface area contributed by atoms with Gasteiger partial charge in [0.2, 0.25) is 0 Å². The maximum atomic E-state index is 11.9. The molecule has 0 heterocycles. The van der Waals surface area contributed by atoms with Crippen LogP contribution in [0, 0.1) is 0 Å². The standard InChI is InChI=1S/C16H16INO2/c17-15(13-7-3-1-4-8-13)16(19)20-12-11-18-14-9-5-2-6-10-14/h1-10,15,18H,11-12H2/p+1. The lowest BCUT2D eigenvalue weighted by atomic mass is 10.2. The predicted octanol–water partition coefficient (Wildman–Crippen LogP) is 2.60. The first-order chi connectivity index (χ1) is 9.77. The van der Waals surface area contributed by atoms with Crippen LogP contribution in [0.2, 0.25) is 0 Å². The van der Waals surface area contributed by atoms with E-state index < -0.39 is 0 Å². The highest BCUT2D eigenvalue weighted by atomic mass is 127. The zero-order valence-corrected chi connectivity index (χ0v) is 13.2. The molecule has 104 valence electrons. The van der Waals surface area contributed by atoms with Gasteiger partial charge in [0, 0.05) is 0 Å². The molecule has 0 bridgehead atoms. The Hall–Kier alpha value is -1.40. The highest BCUT2D eigenvalue weighted by Crippen LogP contribution is 2.24. The van der Waals surface area contributed by atoms with E-state index in [9.17, 15) is 4.79 Å². The summed E-state index contributed by atoms with van der Waals surface area (Å²) in [5.74, 6) is -0.182. The third kappa shape index (κ3) is 4.61. The molecular weight excluding hydrogens is 365 g/mol. The summed E-state index contributed by atoms with van der Waals surface area (Å²) in [4.78, 5) is 11.9. The molecule has 0 aliphatic heterocycles. The minimum Gasteiger partial charge on any atom is -0.459 e. The van der Waals surface area contributed by atoms with E-state index in [1.165, 1.54) is 0 Å². The Kier molecular flexibility index (Phi) is 6.01. The van der Waals surface area contributed by atoms with E-state index in [0.717, 1.165) is 17.8 Å². The molecule has 0 aliphatic carbocycles. The van der Waals surface area contributed by atoms with Crippen LogP contribution in [0.25, 0.3) is 0 Å². The van der Waals surface area contributed by atoms with Gasteiger partial charge in [-0.25, -0.2) is 0 Å². The van der Waals surface area contributed by atoms with E-state index in [-0.39, 0.29) is 9.89 Å². The van der Waals surface area contributed by atoms with Gasteiger partial charge in [-0.2, -0.15) is 0 Å². The molecule has 0 aliphatic rings. The summed E-state index contributed by atoms with van der Waals surface area (Å²) in [5, 5.41) is 2.07. The SMILES string of the molecule is O=C(OCC[NH2+]c1ccccc1)C(I)c1ccccc1. The van der Waals surface area contributed by atoms with Gasteiger partial charge in [0.15, 0.2) is 0 Å². The number of benzene rings is 2. The Balaban J connectivity index is 1.73. The Labute approximate surface area is 132 Å². The van der Waals surface area contributed by atoms with E-state index >= 15 is 0 Å². The molecule has 2 aromatic carbocycles. The zero-order valence-electron chi connectivity index (χ0n) is 11.0. The quantitative estimate of drug-likeness (QED) is 0.275. The van der Waals surface area contributed by atoms with Crippen LogP contribution in [0.4, 0.5) is 5.69 Å². The lowest BCUT2D eigenvalue weighted by Gasteiger charge is -2.09. The van der Waals surface area contributed by atoms with Crippen LogP contribution in [-0.2, 0) is 9.53 Å². The Bertz CT molecular complexity index is 531. The van der Waals surface area contributed by atoms with Crippen molar-refractivity contribution in [1.82, 2.24) is 0 Å². The lowest BCUT2D eigenvalue weighted by molar-refractivity contribution is -0.573. The molecule has 2 N–H and O–H groups in total. The number of carbonyl (C=O) groups excluding carboxylic acids is 1. The smallest absolute Gasteiger partial charge is 0.323 e. The molecule has 1 atom stereocenters. The minimum absolute atomic E-state index is 0.182. The number of esters is 1. The number of carbonyl (C=O) groups is 1. The summed E-state index contributed by atoms with van der Waals surface area (Å²) < 4.78 is 5.06. The zero-order chi connectivity index (χ0) is 14.2. The normalized spacial score (nSPS) is 11.8. The van der Waals surface area contributed by atoms with Crippen molar-refractivity contribution in [1.29, 1.82) is 0 Å². The van der Waals surface area contributed by atoms with Crippen molar-refractivity contribution in [2.75, 3.05) is 13.2 Å². The van der Waals surface area contributed by atoms with E-state index in [1.54, 1.807) is 0 Å². The van der Waals surface area contributed by atoms with Crippen LogP contribution < -0.4 is 5.32 Å². The number of nitrogens with two attached hydrogens (primary N) is 1. The van der Waals surface area contributed by atoms with Crippen molar-refractivity contribution in [2.24, 2.45) is 0 Å². The van der Waals surface area contributed by atoms with Crippen molar-refractivity contribution in [3.8, 4) is 0 Å². The Morgan fingerprint density at radius 3 is 2.30 bits per heavy atom. The fraction of sp³-hybridized carbons (Fsp3) is 0.188. The number of para-hydroxylation sites is 1. The highest BCUT2D eigenvalue weighted by Gasteiger charge is 2.18. The van der Waals surface area contributed by atoms with Gasteiger partial charge < -0.3 is 10.1 Å². The molecule has 0 fully saturated rings. The number of rotatable bonds is 6. The molecule has 2 aromatic rings. The highest BCUT2D eigenvalue weighted by molar-refractivity contribution is 14.1. The molecule has 0 saturated carbocycles. The molecule has 0 aromatic heterocycles. The molecule has 3 nitrogen and oxygen atoms in total. The molecule has 0 spiro atoms. The average molecular weight is 382 g/mol. The Morgan fingerprint density at radius 1 is 1.05 bits per heavy atom. The summed E-state index contributed by atoms with van der Waals surface area (Å²) in [6.07, 6.45) is 0. The summed E-state index contributed by atoms with van der Waals surface area (Å²) in [7, 11) is 0. The Morgan fingerprint density at radius 2 is 1.65 bits per heavy atom. The fourth-order valence-electron chi connectivity index (χ4n) is 1.81.